The van der Waals surface area contributed by atoms with Crippen LogP contribution >= 0.6 is 24.0 Å². The number of anilines is 1. The number of guanidine groups is 1. The zero-order chi connectivity index (χ0) is 20.5. The zero-order valence-corrected chi connectivity index (χ0v) is 20.0. The maximum atomic E-state index is 11.3. The number of halogens is 1. The van der Waals surface area contributed by atoms with Gasteiger partial charge in [-0.15, -0.1) is 24.0 Å². The van der Waals surface area contributed by atoms with Gasteiger partial charge in [0.25, 0.3) is 0 Å². The molecule has 2 aromatic rings. The van der Waals surface area contributed by atoms with Crippen LogP contribution in [0.1, 0.15) is 32.3 Å². The van der Waals surface area contributed by atoms with Gasteiger partial charge < -0.3 is 20.3 Å². The van der Waals surface area contributed by atoms with Gasteiger partial charge in [-0.1, -0.05) is 30.3 Å². The van der Waals surface area contributed by atoms with Crippen LogP contribution in [0.4, 0.5) is 5.69 Å². The summed E-state index contributed by atoms with van der Waals surface area (Å²) in [5.41, 5.74) is 1.86. The van der Waals surface area contributed by atoms with Crippen molar-refractivity contribution in [2.75, 3.05) is 25.0 Å². The second kappa shape index (κ2) is 12.4. The molecule has 2 aromatic carbocycles. The van der Waals surface area contributed by atoms with Gasteiger partial charge in [0.1, 0.15) is 11.9 Å². The molecule has 0 aliphatic carbocycles. The average molecular weight is 522 g/mol. The maximum Gasteiger partial charge on any atom is 0.221 e. The third kappa shape index (κ3) is 7.51. The summed E-state index contributed by atoms with van der Waals surface area (Å²) in [4.78, 5) is 18.4. The van der Waals surface area contributed by atoms with Crippen molar-refractivity contribution in [3.8, 4) is 5.75 Å². The number of amides is 1. The first-order valence-electron chi connectivity index (χ1n) is 10.3. The van der Waals surface area contributed by atoms with Gasteiger partial charge in [0.15, 0.2) is 5.96 Å². The molecular weight excluding hydrogens is 491 g/mol. The molecule has 0 atom stereocenters. The first-order chi connectivity index (χ1) is 14.1. The highest BCUT2D eigenvalue weighted by Crippen LogP contribution is 2.19. The van der Waals surface area contributed by atoms with Crippen molar-refractivity contribution in [1.82, 2.24) is 10.2 Å². The number of likely N-dealkylation sites (tertiary alicyclic amines) is 1. The van der Waals surface area contributed by atoms with Crippen LogP contribution in [-0.4, -0.2) is 42.5 Å². The van der Waals surface area contributed by atoms with E-state index in [2.05, 4.69) is 22.5 Å². The lowest BCUT2D eigenvalue weighted by Crippen LogP contribution is -2.47. The molecule has 0 spiro atoms. The van der Waals surface area contributed by atoms with E-state index in [0.717, 1.165) is 55.4 Å². The molecule has 30 heavy (non-hydrogen) atoms. The Kier molecular flexibility index (Phi) is 9.93. The van der Waals surface area contributed by atoms with E-state index >= 15 is 0 Å². The summed E-state index contributed by atoms with van der Waals surface area (Å²) >= 11 is 0. The van der Waals surface area contributed by atoms with Crippen LogP contribution in [0, 0.1) is 0 Å². The molecule has 162 valence electrons. The summed E-state index contributed by atoms with van der Waals surface area (Å²) in [5.74, 6) is 1.79. The molecule has 1 amide bonds. The Labute approximate surface area is 196 Å². The second-order valence-electron chi connectivity index (χ2n) is 7.17. The van der Waals surface area contributed by atoms with Gasteiger partial charge in [-0.3, -0.25) is 4.79 Å². The van der Waals surface area contributed by atoms with Crippen molar-refractivity contribution >= 4 is 41.5 Å². The van der Waals surface area contributed by atoms with Crippen molar-refractivity contribution in [2.45, 2.75) is 39.3 Å². The maximum absolute atomic E-state index is 11.3. The van der Waals surface area contributed by atoms with E-state index in [1.165, 1.54) is 6.92 Å². The van der Waals surface area contributed by atoms with Crippen LogP contribution in [-0.2, 0) is 11.3 Å². The summed E-state index contributed by atoms with van der Waals surface area (Å²) in [6.45, 7) is 6.81. The number of rotatable bonds is 6. The minimum atomic E-state index is -0.0698. The molecule has 0 bridgehead atoms. The van der Waals surface area contributed by atoms with Gasteiger partial charge in [-0.25, -0.2) is 4.99 Å². The van der Waals surface area contributed by atoms with Crippen LogP contribution in [0.25, 0.3) is 0 Å². The van der Waals surface area contributed by atoms with Gasteiger partial charge in [-0.05, 0) is 36.8 Å². The first kappa shape index (κ1) is 24.0. The molecule has 0 radical (unpaired) electrons. The largest absolute Gasteiger partial charge is 0.490 e. The third-order valence-corrected chi connectivity index (χ3v) is 4.78. The topological polar surface area (TPSA) is 66.0 Å². The highest BCUT2D eigenvalue weighted by atomic mass is 127. The Morgan fingerprint density at radius 2 is 1.87 bits per heavy atom. The van der Waals surface area contributed by atoms with Crippen molar-refractivity contribution < 1.29 is 9.53 Å². The fourth-order valence-corrected chi connectivity index (χ4v) is 3.42. The minimum Gasteiger partial charge on any atom is -0.490 e. The smallest absolute Gasteiger partial charge is 0.221 e. The Hall–Kier alpha value is -2.29. The molecule has 1 fully saturated rings. The van der Waals surface area contributed by atoms with E-state index in [1.807, 2.05) is 54.6 Å². The van der Waals surface area contributed by atoms with E-state index in [-0.39, 0.29) is 36.0 Å². The average Bonchev–Trinajstić information content (AvgIpc) is 2.72. The Balaban J connectivity index is 0.00000320. The van der Waals surface area contributed by atoms with E-state index in [9.17, 15) is 4.79 Å². The van der Waals surface area contributed by atoms with Crippen LogP contribution in [0.15, 0.2) is 59.6 Å². The molecule has 0 saturated carbocycles. The van der Waals surface area contributed by atoms with Gasteiger partial charge in [0, 0.05) is 45.1 Å². The Morgan fingerprint density at radius 3 is 2.53 bits per heavy atom. The lowest BCUT2D eigenvalue weighted by molar-refractivity contribution is -0.114. The molecule has 1 saturated heterocycles. The number of para-hydroxylation sites is 1. The lowest BCUT2D eigenvalue weighted by Gasteiger charge is -2.34. The fraction of sp³-hybridized carbons (Fsp3) is 0.391. The zero-order valence-electron chi connectivity index (χ0n) is 17.6. The minimum absolute atomic E-state index is 0. The van der Waals surface area contributed by atoms with E-state index in [1.54, 1.807) is 0 Å². The summed E-state index contributed by atoms with van der Waals surface area (Å²) in [7, 11) is 0. The highest BCUT2D eigenvalue weighted by molar-refractivity contribution is 14.0. The van der Waals surface area contributed by atoms with Crippen molar-refractivity contribution in [3.63, 3.8) is 0 Å². The summed E-state index contributed by atoms with van der Waals surface area (Å²) < 4.78 is 6.10. The number of benzene rings is 2. The SMILES string of the molecule is CCNC(=NCc1cccc(NC(C)=O)c1)N1CCC(Oc2ccccc2)CC1.I. The number of hydrogen-bond donors (Lipinski definition) is 2. The van der Waals surface area contributed by atoms with Crippen molar-refractivity contribution in [1.29, 1.82) is 0 Å². The van der Waals surface area contributed by atoms with Gasteiger partial charge in [0.2, 0.25) is 5.91 Å². The van der Waals surface area contributed by atoms with E-state index in [0.29, 0.717) is 6.54 Å². The molecule has 1 heterocycles. The molecule has 7 heteroatoms. The summed E-state index contributed by atoms with van der Waals surface area (Å²) in [6.07, 6.45) is 2.18. The highest BCUT2D eigenvalue weighted by Gasteiger charge is 2.22. The number of aliphatic imine (C=N–C) groups is 1. The van der Waals surface area contributed by atoms with Gasteiger partial charge >= 0.3 is 0 Å². The molecule has 3 rings (SSSR count). The quantitative estimate of drug-likeness (QED) is 0.338. The van der Waals surface area contributed by atoms with Crippen molar-refractivity contribution in [2.24, 2.45) is 4.99 Å². The normalized spacial score (nSPS) is 14.6. The molecule has 0 unspecified atom stereocenters. The molecule has 2 N–H and O–H groups in total. The standard InChI is InChI=1S/C23H30N4O2.HI/c1-3-24-23(25-17-19-8-7-9-20(16-19)26-18(2)28)27-14-12-22(13-15-27)29-21-10-5-4-6-11-21;/h4-11,16,22H,3,12-15,17H2,1-2H3,(H,24,25)(H,26,28);1H. The fourth-order valence-electron chi connectivity index (χ4n) is 3.42. The van der Waals surface area contributed by atoms with E-state index < -0.39 is 0 Å². The first-order valence-corrected chi connectivity index (χ1v) is 10.3. The number of carbonyl (C=O) groups excluding carboxylic acids is 1. The predicted molar refractivity (Wildman–Crippen MR) is 133 cm³/mol. The second-order valence-corrected chi connectivity index (χ2v) is 7.17. The van der Waals surface area contributed by atoms with Crippen LogP contribution in [0.5, 0.6) is 5.75 Å². The van der Waals surface area contributed by atoms with Crippen LogP contribution < -0.4 is 15.4 Å². The Bertz CT molecular complexity index is 821. The number of nitrogens with one attached hydrogen (secondary N) is 2. The monoisotopic (exact) mass is 522 g/mol. The molecule has 1 aliphatic heterocycles. The molecule has 6 nitrogen and oxygen atoms in total. The van der Waals surface area contributed by atoms with Crippen molar-refractivity contribution in [3.05, 3.63) is 60.2 Å². The van der Waals surface area contributed by atoms with E-state index in [4.69, 9.17) is 9.73 Å². The number of nitrogens with zero attached hydrogens (tertiary/aromatic N) is 2. The number of ether oxygens (including phenoxy) is 1. The van der Waals surface area contributed by atoms with Gasteiger partial charge in [-0.2, -0.15) is 0 Å². The lowest BCUT2D eigenvalue weighted by atomic mass is 10.1. The summed E-state index contributed by atoms with van der Waals surface area (Å²) in [6, 6.07) is 17.8. The Morgan fingerprint density at radius 1 is 1.13 bits per heavy atom. The number of piperidine rings is 1. The molecule has 0 aromatic heterocycles. The predicted octanol–water partition coefficient (Wildman–Crippen LogP) is 4.27. The van der Waals surface area contributed by atoms with Crippen LogP contribution in [0.3, 0.4) is 0 Å². The van der Waals surface area contributed by atoms with Gasteiger partial charge in [0.05, 0.1) is 6.54 Å². The molecular formula is C23H31IN4O2. The third-order valence-electron chi connectivity index (χ3n) is 4.78. The summed E-state index contributed by atoms with van der Waals surface area (Å²) in [5, 5.41) is 6.22. The molecule has 1 aliphatic rings. The number of hydrogen-bond acceptors (Lipinski definition) is 3. The van der Waals surface area contributed by atoms with Crippen LogP contribution in [0.2, 0.25) is 0 Å². The number of carbonyl (C=O) groups is 1.